The minimum atomic E-state index is -0.354. The van der Waals surface area contributed by atoms with Crippen molar-refractivity contribution in [3.05, 3.63) is 0 Å². The van der Waals surface area contributed by atoms with Crippen molar-refractivity contribution in [2.45, 2.75) is 38.8 Å². The van der Waals surface area contributed by atoms with E-state index < -0.39 is 0 Å². The quantitative estimate of drug-likeness (QED) is 0.814. The number of halogens is 1. The highest BCUT2D eigenvalue weighted by atomic mass is 35.5. The van der Waals surface area contributed by atoms with Crippen LogP contribution in [0.25, 0.3) is 0 Å². The fraction of sp³-hybridized carbons (Fsp3) is 0.909. The van der Waals surface area contributed by atoms with E-state index in [0.717, 1.165) is 19.4 Å². The maximum atomic E-state index is 12.0. The number of amides is 1. The van der Waals surface area contributed by atoms with Crippen molar-refractivity contribution in [2.24, 2.45) is 11.7 Å². The molecule has 0 saturated carbocycles. The smallest absolute Gasteiger partial charge is 0.251 e. The van der Waals surface area contributed by atoms with Gasteiger partial charge in [0.15, 0.2) is 0 Å². The normalized spacial score (nSPS) is 27.1. The molecule has 1 heterocycles. The van der Waals surface area contributed by atoms with Crippen LogP contribution in [0.4, 0.5) is 0 Å². The summed E-state index contributed by atoms with van der Waals surface area (Å²) in [6, 6.07) is 0.193. The Morgan fingerprint density at radius 3 is 2.75 bits per heavy atom. The van der Waals surface area contributed by atoms with Crippen molar-refractivity contribution in [3.8, 4) is 0 Å². The number of hydrogen-bond acceptors (Lipinski definition) is 3. The Labute approximate surface area is 104 Å². The second kappa shape index (κ2) is 7.09. The average Bonchev–Trinajstić information content (AvgIpc) is 2.26. The highest BCUT2D eigenvalue weighted by Crippen LogP contribution is 2.22. The largest absolute Gasteiger partial charge is 0.372 e. The summed E-state index contributed by atoms with van der Waals surface area (Å²) >= 11 is 0. The molecule has 5 heteroatoms. The summed E-state index contributed by atoms with van der Waals surface area (Å²) in [6.45, 7) is 5.36. The first-order chi connectivity index (χ1) is 7.10. The molecule has 1 amide bonds. The predicted octanol–water partition coefficient (Wildman–Crippen LogP) is 1.03. The maximum Gasteiger partial charge on any atom is 0.251 e. The molecule has 0 aromatic rings. The van der Waals surface area contributed by atoms with Gasteiger partial charge in [0.25, 0.3) is 5.91 Å². The minimum absolute atomic E-state index is 0. The van der Waals surface area contributed by atoms with Crippen LogP contribution in [0.1, 0.15) is 26.7 Å². The van der Waals surface area contributed by atoms with Crippen LogP contribution in [0.15, 0.2) is 0 Å². The van der Waals surface area contributed by atoms with E-state index in [9.17, 15) is 4.79 Å². The number of rotatable bonds is 3. The molecule has 0 aliphatic carbocycles. The van der Waals surface area contributed by atoms with Gasteiger partial charge >= 0.3 is 0 Å². The second-order valence-corrected chi connectivity index (χ2v) is 4.43. The number of piperidine rings is 1. The highest BCUT2D eigenvalue weighted by Gasteiger charge is 2.31. The van der Waals surface area contributed by atoms with Crippen LogP contribution in [0, 0.1) is 5.92 Å². The van der Waals surface area contributed by atoms with Gasteiger partial charge in [0, 0.05) is 26.2 Å². The Balaban J connectivity index is 0.00000225. The molecule has 1 fully saturated rings. The number of carbonyl (C=O) groups excluding carboxylic acids is 1. The Morgan fingerprint density at radius 2 is 2.25 bits per heavy atom. The van der Waals surface area contributed by atoms with Crippen LogP contribution in [-0.2, 0) is 9.53 Å². The van der Waals surface area contributed by atoms with Crippen molar-refractivity contribution in [1.29, 1.82) is 0 Å². The number of methoxy groups -OCH3 is 1. The zero-order valence-corrected chi connectivity index (χ0v) is 11.1. The lowest BCUT2D eigenvalue weighted by Gasteiger charge is -2.39. The topological polar surface area (TPSA) is 55.6 Å². The lowest BCUT2D eigenvalue weighted by molar-refractivity contribution is -0.145. The zero-order chi connectivity index (χ0) is 11.4. The summed E-state index contributed by atoms with van der Waals surface area (Å²) < 4.78 is 5.05. The molecule has 0 bridgehead atoms. The van der Waals surface area contributed by atoms with Crippen LogP contribution < -0.4 is 5.73 Å². The molecule has 0 radical (unpaired) electrons. The van der Waals surface area contributed by atoms with Crippen LogP contribution in [0.2, 0.25) is 0 Å². The molecule has 3 atom stereocenters. The van der Waals surface area contributed by atoms with Gasteiger partial charge in [0.05, 0.1) is 0 Å². The van der Waals surface area contributed by atoms with Gasteiger partial charge in [-0.05, 0) is 25.7 Å². The van der Waals surface area contributed by atoms with E-state index in [4.69, 9.17) is 10.5 Å². The fourth-order valence-corrected chi connectivity index (χ4v) is 2.10. The molecule has 1 rings (SSSR count). The summed E-state index contributed by atoms with van der Waals surface area (Å²) in [5.74, 6) is 0.736. The molecule has 2 N–H and O–H groups in total. The molecule has 0 aromatic carbocycles. The summed E-state index contributed by atoms with van der Waals surface area (Å²) in [5, 5.41) is 0. The molecular weight excluding hydrogens is 228 g/mol. The minimum Gasteiger partial charge on any atom is -0.372 e. The van der Waals surface area contributed by atoms with Crippen molar-refractivity contribution in [3.63, 3.8) is 0 Å². The van der Waals surface area contributed by atoms with Gasteiger partial charge < -0.3 is 15.4 Å². The van der Waals surface area contributed by atoms with Gasteiger partial charge in [-0.1, -0.05) is 6.92 Å². The van der Waals surface area contributed by atoms with E-state index in [1.165, 1.54) is 0 Å². The molecule has 16 heavy (non-hydrogen) atoms. The molecule has 0 aromatic heterocycles. The molecule has 1 aliphatic heterocycles. The van der Waals surface area contributed by atoms with Crippen LogP contribution in [0.3, 0.4) is 0 Å². The first kappa shape index (κ1) is 15.7. The second-order valence-electron chi connectivity index (χ2n) is 4.43. The van der Waals surface area contributed by atoms with Gasteiger partial charge in [-0.2, -0.15) is 0 Å². The number of ether oxygens (including phenoxy) is 1. The third-order valence-electron chi connectivity index (χ3n) is 3.23. The van der Waals surface area contributed by atoms with E-state index in [2.05, 4.69) is 6.92 Å². The van der Waals surface area contributed by atoms with E-state index in [-0.39, 0.29) is 30.5 Å². The van der Waals surface area contributed by atoms with Crippen LogP contribution in [-0.4, -0.2) is 43.2 Å². The highest BCUT2D eigenvalue weighted by molar-refractivity contribution is 5.85. The van der Waals surface area contributed by atoms with Gasteiger partial charge in [-0.25, -0.2) is 0 Å². The Hall–Kier alpha value is -0.320. The van der Waals surface area contributed by atoms with Gasteiger partial charge in [0.1, 0.15) is 6.10 Å². The molecule has 4 nitrogen and oxygen atoms in total. The van der Waals surface area contributed by atoms with Gasteiger partial charge in [-0.15, -0.1) is 12.4 Å². The summed E-state index contributed by atoms with van der Waals surface area (Å²) in [4.78, 5) is 13.8. The van der Waals surface area contributed by atoms with Crippen LogP contribution in [0.5, 0.6) is 0 Å². The van der Waals surface area contributed by atoms with Crippen molar-refractivity contribution < 1.29 is 9.53 Å². The molecule has 1 aliphatic rings. The number of hydrogen-bond donors (Lipinski definition) is 1. The third kappa shape index (κ3) is 3.61. The first-order valence-corrected chi connectivity index (χ1v) is 5.63. The van der Waals surface area contributed by atoms with E-state index in [1.54, 1.807) is 14.0 Å². The molecule has 1 saturated heterocycles. The molecule has 0 spiro atoms. The average molecular weight is 251 g/mol. The predicted molar refractivity (Wildman–Crippen MR) is 66.7 cm³/mol. The van der Waals surface area contributed by atoms with Gasteiger partial charge in [-0.3, -0.25) is 4.79 Å². The van der Waals surface area contributed by atoms with E-state index >= 15 is 0 Å². The Morgan fingerprint density at radius 1 is 1.62 bits per heavy atom. The summed E-state index contributed by atoms with van der Waals surface area (Å²) in [6.07, 6.45) is 1.73. The lowest BCUT2D eigenvalue weighted by Crippen LogP contribution is -2.52. The standard InChI is InChI=1S/C11H22N2O2.ClH/c1-8-4-5-13(10(6-8)7-12)11(14)9(2)15-3;/h8-10H,4-7,12H2,1-3H3;1H. The zero-order valence-electron chi connectivity index (χ0n) is 10.3. The molecule has 3 unspecified atom stereocenters. The maximum absolute atomic E-state index is 12.0. The number of carbonyl (C=O) groups is 1. The Kier molecular flexibility index (Phi) is 6.95. The van der Waals surface area contributed by atoms with E-state index in [1.807, 2.05) is 4.90 Å². The number of likely N-dealkylation sites (tertiary alicyclic amines) is 1. The SMILES string of the molecule is COC(C)C(=O)N1CCC(C)CC1CN.Cl. The fourth-order valence-electron chi connectivity index (χ4n) is 2.10. The summed E-state index contributed by atoms with van der Waals surface area (Å²) in [7, 11) is 1.56. The first-order valence-electron chi connectivity index (χ1n) is 5.63. The van der Waals surface area contributed by atoms with Crippen LogP contribution >= 0.6 is 12.4 Å². The van der Waals surface area contributed by atoms with Crippen molar-refractivity contribution in [2.75, 3.05) is 20.2 Å². The summed E-state index contributed by atoms with van der Waals surface area (Å²) in [5.41, 5.74) is 5.70. The van der Waals surface area contributed by atoms with Crippen molar-refractivity contribution in [1.82, 2.24) is 4.90 Å². The number of nitrogens with two attached hydrogens (primary N) is 1. The Bertz CT molecular complexity index is 226. The van der Waals surface area contributed by atoms with Crippen molar-refractivity contribution >= 4 is 18.3 Å². The third-order valence-corrected chi connectivity index (χ3v) is 3.23. The molecule has 96 valence electrons. The lowest BCUT2D eigenvalue weighted by atomic mass is 9.92. The van der Waals surface area contributed by atoms with E-state index in [0.29, 0.717) is 12.5 Å². The number of nitrogens with zero attached hydrogens (tertiary/aromatic N) is 1. The molecular formula is C11H23ClN2O2. The monoisotopic (exact) mass is 250 g/mol. The van der Waals surface area contributed by atoms with Gasteiger partial charge in [0.2, 0.25) is 0 Å².